The Kier molecular flexibility index (Phi) is 3.63. The number of rotatable bonds is 5. The van der Waals surface area contributed by atoms with Crippen LogP contribution in [0.4, 0.5) is 0 Å². The molecular weight excluding hydrogens is 282 g/mol. The molecule has 3 N–H and O–H groups in total. The van der Waals surface area contributed by atoms with Crippen LogP contribution in [0.15, 0.2) is 23.2 Å². The van der Waals surface area contributed by atoms with Gasteiger partial charge in [0.1, 0.15) is 9.88 Å². The summed E-state index contributed by atoms with van der Waals surface area (Å²) in [4.78, 5) is 4.22. The fraction of sp³-hybridized carbons (Fsp3) is 0.500. The van der Waals surface area contributed by atoms with Gasteiger partial charge in [0.05, 0.1) is 5.69 Å². The Hall–Kier alpha value is -1.05. The lowest BCUT2D eigenvalue weighted by atomic mass is 10.0. The van der Waals surface area contributed by atoms with Gasteiger partial charge in [0.15, 0.2) is 0 Å². The van der Waals surface area contributed by atoms with Gasteiger partial charge in [-0.05, 0) is 44.7 Å². The van der Waals surface area contributed by atoms with Crippen LogP contribution in [0, 0.1) is 5.92 Å². The number of aromatic nitrogens is 1. The van der Waals surface area contributed by atoms with Crippen molar-refractivity contribution in [1.82, 2.24) is 9.71 Å². The van der Waals surface area contributed by atoms with E-state index in [0.29, 0.717) is 11.6 Å². The van der Waals surface area contributed by atoms with Gasteiger partial charge in [-0.15, -0.1) is 0 Å². The molecule has 19 heavy (non-hydrogen) atoms. The van der Waals surface area contributed by atoms with E-state index in [9.17, 15) is 8.42 Å². The molecule has 0 aromatic carbocycles. The maximum Gasteiger partial charge on any atom is 0.242 e. The van der Waals surface area contributed by atoms with Crippen LogP contribution in [0.2, 0.25) is 0 Å². The number of hydrogen-bond donors (Lipinski definition) is 2. The molecule has 1 aliphatic rings. The average Bonchev–Trinajstić information content (AvgIpc) is 3.11. The van der Waals surface area contributed by atoms with Gasteiger partial charge in [-0.1, -0.05) is 12.2 Å². The smallest absolute Gasteiger partial charge is 0.242 e. The fourth-order valence-electron chi connectivity index (χ4n) is 1.98. The highest BCUT2D eigenvalue weighted by molar-refractivity contribution is 7.89. The predicted molar refractivity (Wildman–Crippen MR) is 77.2 cm³/mol. The molecule has 0 unspecified atom stereocenters. The van der Waals surface area contributed by atoms with E-state index in [-0.39, 0.29) is 9.88 Å². The Labute approximate surface area is 118 Å². The summed E-state index contributed by atoms with van der Waals surface area (Å²) in [5.74, 6) is 0.408. The Balaban J connectivity index is 2.21. The normalized spacial score (nSPS) is 16.3. The standard InChI is InChI=1S/C12H17N3O2S2/c1-12(2,8-3-4-8)15-19(16,17)9-5-6-10(11(13)18)14-7-9/h5-8,15H,3-4H2,1-2H3,(H2,13,18). The van der Waals surface area contributed by atoms with Crippen molar-refractivity contribution in [3.8, 4) is 0 Å². The lowest BCUT2D eigenvalue weighted by Crippen LogP contribution is -2.45. The van der Waals surface area contributed by atoms with Crippen LogP contribution in [-0.4, -0.2) is 23.9 Å². The molecule has 0 saturated heterocycles. The average molecular weight is 299 g/mol. The second-order valence-corrected chi connectivity index (χ2v) is 7.47. The summed E-state index contributed by atoms with van der Waals surface area (Å²) in [6.07, 6.45) is 3.40. The number of sulfonamides is 1. The van der Waals surface area contributed by atoms with Gasteiger partial charge in [0.25, 0.3) is 0 Å². The van der Waals surface area contributed by atoms with Crippen molar-refractivity contribution in [3.63, 3.8) is 0 Å². The van der Waals surface area contributed by atoms with Gasteiger partial charge in [0, 0.05) is 11.7 Å². The molecule has 1 aromatic rings. The molecule has 1 saturated carbocycles. The van der Waals surface area contributed by atoms with E-state index in [0.717, 1.165) is 12.8 Å². The zero-order valence-electron chi connectivity index (χ0n) is 10.9. The number of nitrogens with zero attached hydrogens (tertiary/aromatic N) is 1. The molecule has 0 bridgehead atoms. The summed E-state index contributed by atoms with van der Waals surface area (Å²) in [6, 6.07) is 2.98. The van der Waals surface area contributed by atoms with E-state index in [1.165, 1.54) is 18.3 Å². The van der Waals surface area contributed by atoms with Crippen molar-refractivity contribution in [2.24, 2.45) is 11.7 Å². The van der Waals surface area contributed by atoms with E-state index < -0.39 is 15.6 Å². The summed E-state index contributed by atoms with van der Waals surface area (Å²) < 4.78 is 27.2. The summed E-state index contributed by atoms with van der Waals surface area (Å²) >= 11 is 4.78. The first kappa shape index (κ1) is 14.4. The largest absolute Gasteiger partial charge is 0.388 e. The van der Waals surface area contributed by atoms with Crippen molar-refractivity contribution in [1.29, 1.82) is 0 Å². The number of pyridine rings is 1. The van der Waals surface area contributed by atoms with Crippen LogP contribution in [-0.2, 0) is 10.0 Å². The van der Waals surface area contributed by atoms with Crippen molar-refractivity contribution in [3.05, 3.63) is 24.0 Å². The molecule has 0 spiro atoms. The van der Waals surface area contributed by atoms with Gasteiger partial charge >= 0.3 is 0 Å². The highest BCUT2D eigenvalue weighted by Crippen LogP contribution is 2.39. The Morgan fingerprint density at radius 2 is 2.11 bits per heavy atom. The second-order valence-electron chi connectivity index (χ2n) is 5.34. The predicted octanol–water partition coefficient (Wildman–Crippen LogP) is 1.18. The van der Waals surface area contributed by atoms with Crippen molar-refractivity contribution in [2.45, 2.75) is 37.1 Å². The minimum absolute atomic E-state index is 0.126. The lowest BCUT2D eigenvalue weighted by Gasteiger charge is -2.25. The molecule has 2 rings (SSSR count). The van der Waals surface area contributed by atoms with Crippen molar-refractivity contribution >= 4 is 27.2 Å². The molecule has 0 amide bonds. The van der Waals surface area contributed by atoms with Crippen LogP contribution in [0.1, 0.15) is 32.4 Å². The van der Waals surface area contributed by atoms with E-state index >= 15 is 0 Å². The lowest BCUT2D eigenvalue weighted by molar-refractivity contribution is 0.400. The molecule has 1 heterocycles. The van der Waals surface area contributed by atoms with Crippen LogP contribution in [0.3, 0.4) is 0 Å². The maximum absolute atomic E-state index is 12.2. The highest BCUT2D eigenvalue weighted by atomic mass is 32.2. The van der Waals surface area contributed by atoms with Crippen LogP contribution < -0.4 is 10.5 Å². The van der Waals surface area contributed by atoms with Crippen LogP contribution in [0.25, 0.3) is 0 Å². The molecule has 1 aliphatic carbocycles. The molecule has 5 nitrogen and oxygen atoms in total. The Morgan fingerprint density at radius 3 is 2.53 bits per heavy atom. The van der Waals surface area contributed by atoms with E-state index in [1.807, 2.05) is 13.8 Å². The van der Waals surface area contributed by atoms with Crippen LogP contribution >= 0.6 is 12.2 Å². The maximum atomic E-state index is 12.2. The second kappa shape index (κ2) is 4.81. The number of nitrogens with two attached hydrogens (primary N) is 1. The third-order valence-corrected chi connectivity index (χ3v) is 5.16. The zero-order valence-corrected chi connectivity index (χ0v) is 12.5. The number of thiocarbonyl (C=S) groups is 1. The van der Waals surface area contributed by atoms with E-state index in [4.69, 9.17) is 18.0 Å². The summed E-state index contributed by atoms with van der Waals surface area (Å²) in [6.45, 7) is 3.80. The van der Waals surface area contributed by atoms with Crippen molar-refractivity contribution in [2.75, 3.05) is 0 Å². The number of nitrogens with one attached hydrogen (secondary N) is 1. The minimum atomic E-state index is -3.56. The molecule has 104 valence electrons. The molecule has 1 aromatic heterocycles. The molecule has 1 fully saturated rings. The van der Waals surface area contributed by atoms with E-state index in [2.05, 4.69) is 9.71 Å². The van der Waals surface area contributed by atoms with Gasteiger partial charge in [0.2, 0.25) is 10.0 Å². The Bertz CT molecular complexity index is 590. The first-order valence-electron chi connectivity index (χ1n) is 6.02. The molecule has 0 aliphatic heterocycles. The Morgan fingerprint density at radius 1 is 1.47 bits per heavy atom. The first-order valence-corrected chi connectivity index (χ1v) is 7.91. The molecular formula is C12H17N3O2S2. The highest BCUT2D eigenvalue weighted by Gasteiger charge is 2.40. The quantitative estimate of drug-likeness (QED) is 0.798. The minimum Gasteiger partial charge on any atom is -0.388 e. The van der Waals surface area contributed by atoms with Crippen LogP contribution in [0.5, 0.6) is 0 Å². The SMILES string of the molecule is CC(C)(NS(=O)(=O)c1ccc(C(N)=S)nc1)C1CC1. The summed E-state index contributed by atoms with van der Waals surface area (Å²) in [5, 5.41) is 0. The number of hydrogen-bond acceptors (Lipinski definition) is 4. The summed E-state index contributed by atoms with van der Waals surface area (Å²) in [7, 11) is -3.56. The monoisotopic (exact) mass is 299 g/mol. The third-order valence-electron chi connectivity index (χ3n) is 3.29. The van der Waals surface area contributed by atoms with Gasteiger partial charge < -0.3 is 5.73 Å². The van der Waals surface area contributed by atoms with Crippen molar-refractivity contribution < 1.29 is 8.42 Å². The first-order chi connectivity index (χ1) is 8.72. The van der Waals surface area contributed by atoms with E-state index in [1.54, 1.807) is 0 Å². The fourth-order valence-corrected chi connectivity index (χ4v) is 3.52. The van der Waals surface area contributed by atoms with Gasteiger partial charge in [-0.3, -0.25) is 4.98 Å². The zero-order chi connectivity index (χ0) is 14.3. The molecule has 7 heteroatoms. The molecule has 0 radical (unpaired) electrons. The molecule has 0 atom stereocenters. The topological polar surface area (TPSA) is 85.1 Å². The summed E-state index contributed by atoms with van der Waals surface area (Å²) in [5.41, 5.74) is 5.41. The third kappa shape index (κ3) is 3.29. The van der Waals surface area contributed by atoms with Gasteiger partial charge in [-0.25, -0.2) is 13.1 Å². The van der Waals surface area contributed by atoms with Gasteiger partial charge in [-0.2, -0.15) is 0 Å².